The summed E-state index contributed by atoms with van der Waals surface area (Å²) in [4.78, 5) is 13.5. The minimum Gasteiger partial charge on any atom is -0.378 e. The first-order chi connectivity index (χ1) is 13.0. The molecule has 0 radical (unpaired) electrons. The Balaban J connectivity index is 1.83. The molecule has 0 saturated heterocycles. The Morgan fingerprint density at radius 3 is 2.70 bits per heavy atom. The van der Waals surface area contributed by atoms with Gasteiger partial charge < -0.3 is 15.0 Å². The number of benzene rings is 1. The number of aryl methyl sites for hydroxylation is 1. The Kier molecular flexibility index (Phi) is 4.28. The maximum absolute atomic E-state index is 13.6. The summed E-state index contributed by atoms with van der Waals surface area (Å²) in [5.41, 5.74) is 0.892. The zero-order valence-corrected chi connectivity index (χ0v) is 15.3. The molecule has 2 heterocycles. The lowest BCUT2D eigenvalue weighted by molar-refractivity contribution is 0.110. The molecule has 1 aromatic carbocycles. The molecule has 27 heavy (non-hydrogen) atoms. The number of aromatic nitrogens is 4. The predicted molar refractivity (Wildman–Crippen MR) is 102 cm³/mol. The van der Waals surface area contributed by atoms with E-state index in [1.165, 1.54) is 12.1 Å². The van der Waals surface area contributed by atoms with E-state index in [1.807, 2.05) is 7.05 Å². The van der Waals surface area contributed by atoms with E-state index in [0.717, 1.165) is 12.8 Å². The summed E-state index contributed by atoms with van der Waals surface area (Å²) in [6, 6.07) is 6.28. The molecule has 1 aliphatic carbocycles. The molecule has 0 unspecified atom stereocenters. The normalized spacial score (nSPS) is 15.6. The van der Waals surface area contributed by atoms with Crippen molar-refractivity contribution in [2.75, 3.05) is 12.4 Å². The van der Waals surface area contributed by atoms with Crippen molar-refractivity contribution in [2.24, 2.45) is 7.05 Å². The quantitative estimate of drug-likeness (QED) is 0.683. The third kappa shape index (κ3) is 3.24. The van der Waals surface area contributed by atoms with Gasteiger partial charge in [-0.1, -0.05) is 18.1 Å². The van der Waals surface area contributed by atoms with Crippen molar-refractivity contribution in [3.63, 3.8) is 0 Å². The van der Waals surface area contributed by atoms with Gasteiger partial charge in [0.15, 0.2) is 17.0 Å². The summed E-state index contributed by atoms with van der Waals surface area (Å²) in [5, 5.41) is 13.4. The number of hydrogen-bond acceptors (Lipinski definition) is 5. The smallest absolute Gasteiger partial charge is 0.209 e. The molecular formula is C20H20FN5O. The van der Waals surface area contributed by atoms with E-state index in [-0.39, 0.29) is 5.82 Å². The molecule has 4 rings (SSSR count). The van der Waals surface area contributed by atoms with Crippen molar-refractivity contribution in [1.82, 2.24) is 19.5 Å². The Morgan fingerprint density at radius 2 is 2.00 bits per heavy atom. The van der Waals surface area contributed by atoms with Gasteiger partial charge in [0, 0.05) is 19.7 Å². The molecule has 138 valence electrons. The Bertz CT molecular complexity index is 1070. The minimum absolute atomic E-state index is 0.320. The highest BCUT2D eigenvalue weighted by atomic mass is 19.1. The maximum atomic E-state index is 13.6. The molecule has 2 N–H and O–H groups in total. The largest absolute Gasteiger partial charge is 0.378 e. The highest BCUT2D eigenvalue weighted by Crippen LogP contribution is 2.29. The highest BCUT2D eigenvalue weighted by molar-refractivity contribution is 5.86. The molecule has 7 heteroatoms. The molecule has 0 bridgehead atoms. The molecule has 0 atom stereocenters. The van der Waals surface area contributed by atoms with Crippen LogP contribution in [0.4, 0.5) is 10.2 Å². The molecule has 2 aromatic heterocycles. The third-order valence-electron chi connectivity index (χ3n) is 4.88. The highest BCUT2D eigenvalue weighted by Gasteiger charge is 2.28. The number of fused-ring (bicyclic) bond motifs is 1. The fourth-order valence-corrected chi connectivity index (χ4v) is 3.43. The van der Waals surface area contributed by atoms with Crippen LogP contribution in [-0.4, -0.2) is 37.3 Å². The lowest BCUT2D eigenvalue weighted by Gasteiger charge is -2.12. The van der Waals surface area contributed by atoms with Crippen LogP contribution in [0.15, 0.2) is 24.3 Å². The van der Waals surface area contributed by atoms with E-state index in [9.17, 15) is 9.50 Å². The van der Waals surface area contributed by atoms with E-state index in [0.29, 0.717) is 47.0 Å². The molecule has 0 amide bonds. The summed E-state index contributed by atoms with van der Waals surface area (Å²) < 4.78 is 15.4. The van der Waals surface area contributed by atoms with Crippen LogP contribution in [-0.2, 0) is 7.05 Å². The molecule has 1 saturated carbocycles. The topological polar surface area (TPSA) is 75.9 Å². The van der Waals surface area contributed by atoms with Crippen molar-refractivity contribution in [1.29, 1.82) is 0 Å². The van der Waals surface area contributed by atoms with E-state index < -0.39 is 5.60 Å². The van der Waals surface area contributed by atoms with Crippen LogP contribution in [0.3, 0.4) is 0 Å². The number of hydrogen-bond donors (Lipinski definition) is 2. The molecule has 0 spiro atoms. The number of rotatable bonds is 2. The lowest BCUT2D eigenvalue weighted by atomic mass is 10.0. The standard InChI is InChI=1S/C20H20FN5O/c1-22-17-16-19(24-15(23-17)8-11-20(27)9-3-4-10-20)26(2)18(25-16)13-6-5-7-14(21)12-13/h5-7,12,27H,3-4,9-10H2,1-2H3,(H,22,23,24). The van der Waals surface area contributed by atoms with E-state index in [2.05, 4.69) is 32.1 Å². The average molecular weight is 365 g/mol. The molecule has 0 aliphatic heterocycles. The number of imidazole rings is 1. The lowest BCUT2D eigenvalue weighted by Crippen LogP contribution is -2.20. The van der Waals surface area contributed by atoms with Crippen molar-refractivity contribution < 1.29 is 9.50 Å². The van der Waals surface area contributed by atoms with Gasteiger partial charge in [-0.2, -0.15) is 0 Å². The SMILES string of the molecule is CNc1nc(C#CC2(O)CCCC2)nc2c1nc(-c1cccc(F)c1)n2C. The van der Waals surface area contributed by atoms with Crippen molar-refractivity contribution in [3.05, 3.63) is 35.9 Å². The zero-order chi connectivity index (χ0) is 19.0. The van der Waals surface area contributed by atoms with Crippen LogP contribution >= 0.6 is 0 Å². The van der Waals surface area contributed by atoms with Gasteiger partial charge >= 0.3 is 0 Å². The summed E-state index contributed by atoms with van der Waals surface area (Å²) in [6.45, 7) is 0. The van der Waals surface area contributed by atoms with Crippen LogP contribution in [0.2, 0.25) is 0 Å². The fourth-order valence-electron chi connectivity index (χ4n) is 3.43. The first-order valence-electron chi connectivity index (χ1n) is 8.93. The van der Waals surface area contributed by atoms with Crippen molar-refractivity contribution >= 4 is 17.0 Å². The van der Waals surface area contributed by atoms with Crippen LogP contribution in [0, 0.1) is 17.7 Å². The monoisotopic (exact) mass is 365 g/mol. The van der Waals surface area contributed by atoms with Gasteiger partial charge in [0.05, 0.1) is 0 Å². The molecular weight excluding hydrogens is 345 g/mol. The number of aliphatic hydroxyl groups is 1. The third-order valence-corrected chi connectivity index (χ3v) is 4.88. The number of nitrogens with one attached hydrogen (secondary N) is 1. The fraction of sp³-hybridized carbons (Fsp3) is 0.350. The van der Waals surface area contributed by atoms with Gasteiger partial charge in [-0.05, 0) is 43.7 Å². The van der Waals surface area contributed by atoms with E-state index >= 15 is 0 Å². The Morgan fingerprint density at radius 1 is 1.22 bits per heavy atom. The second kappa shape index (κ2) is 6.63. The number of halogens is 1. The summed E-state index contributed by atoms with van der Waals surface area (Å²) in [5.74, 6) is 6.98. The minimum atomic E-state index is -0.947. The van der Waals surface area contributed by atoms with Gasteiger partial charge in [-0.3, -0.25) is 0 Å². The zero-order valence-electron chi connectivity index (χ0n) is 15.3. The molecule has 1 aliphatic rings. The van der Waals surface area contributed by atoms with Crippen LogP contribution in [0.25, 0.3) is 22.6 Å². The van der Waals surface area contributed by atoms with Crippen LogP contribution in [0.5, 0.6) is 0 Å². The summed E-state index contributed by atoms with van der Waals surface area (Å²) in [7, 11) is 3.57. The van der Waals surface area contributed by atoms with Gasteiger partial charge in [0.2, 0.25) is 5.82 Å². The van der Waals surface area contributed by atoms with E-state index in [4.69, 9.17) is 0 Å². The first-order valence-corrected chi connectivity index (χ1v) is 8.93. The van der Waals surface area contributed by atoms with Crippen molar-refractivity contribution in [2.45, 2.75) is 31.3 Å². The second-order valence-electron chi connectivity index (χ2n) is 6.81. The average Bonchev–Trinajstić information content (AvgIpc) is 3.24. The molecule has 1 fully saturated rings. The van der Waals surface area contributed by atoms with Crippen LogP contribution < -0.4 is 5.32 Å². The second-order valence-corrected chi connectivity index (χ2v) is 6.81. The van der Waals surface area contributed by atoms with Gasteiger partial charge in [-0.25, -0.2) is 19.3 Å². The summed E-state index contributed by atoms with van der Waals surface area (Å²) >= 11 is 0. The summed E-state index contributed by atoms with van der Waals surface area (Å²) in [6.07, 6.45) is 3.31. The Labute approximate surface area is 156 Å². The van der Waals surface area contributed by atoms with Gasteiger partial charge in [0.1, 0.15) is 17.2 Å². The van der Waals surface area contributed by atoms with Gasteiger partial charge in [0.25, 0.3) is 0 Å². The van der Waals surface area contributed by atoms with Crippen molar-refractivity contribution in [3.8, 4) is 23.2 Å². The predicted octanol–water partition coefficient (Wildman–Crippen LogP) is 2.87. The maximum Gasteiger partial charge on any atom is 0.209 e. The molecule has 6 nitrogen and oxygen atoms in total. The van der Waals surface area contributed by atoms with E-state index in [1.54, 1.807) is 23.7 Å². The first kappa shape index (κ1) is 17.4. The Hall–Kier alpha value is -2.98. The number of anilines is 1. The van der Waals surface area contributed by atoms with Crippen LogP contribution in [0.1, 0.15) is 31.5 Å². The molecule has 3 aromatic rings. The number of nitrogens with zero attached hydrogens (tertiary/aromatic N) is 4. The van der Waals surface area contributed by atoms with Gasteiger partial charge in [-0.15, -0.1) is 0 Å².